The molecule has 1 heterocycles. The lowest BCUT2D eigenvalue weighted by Crippen LogP contribution is -2.53. The summed E-state index contributed by atoms with van der Waals surface area (Å²) in [5, 5.41) is 17.1. The summed E-state index contributed by atoms with van der Waals surface area (Å²) < 4.78 is 12.1. The Hall–Kier alpha value is -1.50. The second-order valence-corrected chi connectivity index (χ2v) is 3.52. The van der Waals surface area contributed by atoms with Crippen LogP contribution in [-0.2, 0) is 4.79 Å². The zero-order chi connectivity index (χ0) is 12.0. The Balaban J connectivity index is 2.32. The highest BCUT2D eigenvalue weighted by molar-refractivity contribution is 6.29. The quantitative estimate of drug-likeness (QED) is 0.338. The van der Waals surface area contributed by atoms with E-state index >= 15 is 0 Å². The van der Waals surface area contributed by atoms with Crippen LogP contribution in [0.15, 0.2) is 0 Å². The fourth-order valence-electron chi connectivity index (χ4n) is 1.55. The molecule has 0 radical (unpaired) electrons. The number of hydrogen-bond donors (Lipinski definition) is 3. The third kappa shape index (κ3) is 3.58. The van der Waals surface area contributed by atoms with Crippen molar-refractivity contribution in [1.82, 2.24) is 15.1 Å². The number of guanidine groups is 1. The van der Waals surface area contributed by atoms with Crippen LogP contribution in [0.1, 0.15) is 0 Å². The molecule has 0 aromatic heterocycles. The molecule has 3 N–H and O–H groups in total. The highest BCUT2D eigenvalue weighted by atomic mass is 19.1. The van der Waals surface area contributed by atoms with Crippen molar-refractivity contribution in [2.45, 2.75) is 0 Å². The Bertz CT molecular complexity index is 275. The number of hydrogen-bond acceptors (Lipinski definition) is 4. The minimum Gasteiger partial charge on any atom is -0.340 e. The van der Waals surface area contributed by atoms with Crippen LogP contribution in [0.25, 0.3) is 0 Å². The van der Waals surface area contributed by atoms with Gasteiger partial charge in [0.25, 0.3) is 0 Å². The van der Waals surface area contributed by atoms with Crippen LogP contribution in [0.3, 0.4) is 0 Å². The zero-order valence-electron chi connectivity index (χ0n) is 9.00. The molecule has 0 aromatic carbocycles. The summed E-state index contributed by atoms with van der Waals surface area (Å²) >= 11 is 0. The average Bonchev–Trinajstić information content (AvgIpc) is 2.30. The van der Waals surface area contributed by atoms with Gasteiger partial charge in [-0.2, -0.15) is 0 Å². The molecule has 1 saturated heterocycles. The van der Waals surface area contributed by atoms with Gasteiger partial charge in [-0.15, -0.1) is 0 Å². The van der Waals surface area contributed by atoms with E-state index in [1.807, 2.05) is 4.90 Å². The van der Waals surface area contributed by atoms with Crippen molar-refractivity contribution in [2.75, 3.05) is 39.4 Å². The fraction of sp³-hybridized carbons (Fsp3) is 0.667. The van der Waals surface area contributed by atoms with Crippen molar-refractivity contribution in [3.63, 3.8) is 0 Å². The van der Waals surface area contributed by atoms with E-state index in [0.717, 1.165) is 0 Å². The zero-order valence-corrected chi connectivity index (χ0v) is 9.00. The Kier molecular flexibility index (Phi) is 4.84. The highest BCUT2D eigenvalue weighted by Crippen LogP contribution is 2.00. The molecular weight excluding hydrogens is 213 g/mol. The molecule has 0 aliphatic carbocycles. The van der Waals surface area contributed by atoms with Gasteiger partial charge in [0.05, 0.1) is 0 Å². The lowest BCUT2D eigenvalue weighted by molar-refractivity contribution is -0.102. The van der Waals surface area contributed by atoms with E-state index in [-0.39, 0.29) is 18.5 Å². The summed E-state index contributed by atoms with van der Waals surface area (Å²) in [5.41, 5.74) is 0. The maximum atomic E-state index is 12.1. The maximum absolute atomic E-state index is 12.1. The number of halogens is 1. The summed E-state index contributed by atoms with van der Waals surface area (Å²) in [5.74, 6) is -0.270. The molecule has 0 saturated carbocycles. The minimum absolute atomic E-state index is 0.0528. The first-order valence-corrected chi connectivity index (χ1v) is 5.10. The van der Waals surface area contributed by atoms with Crippen molar-refractivity contribution in [3.05, 3.63) is 0 Å². The molecular formula is C9H16FN5O. The number of piperazine rings is 1. The van der Waals surface area contributed by atoms with Crippen LogP contribution in [0.2, 0.25) is 0 Å². The van der Waals surface area contributed by atoms with E-state index in [9.17, 15) is 9.18 Å². The maximum Gasteiger partial charge on any atom is 0.196 e. The Morgan fingerprint density at radius 1 is 1.31 bits per heavy atom. The van der Waals surface area contributed by atoms with Gasteiger partial charge in [0, 0.05) is 32.7 Å². The van der Waals surface area contributed by atoms with Crippen LogP contribution in [-0.4, -0.2) is 67.3 Å². The normalized spacial score (nSPS) is 16.9. The van der Waals surface area contributed by atoms with E-state index in [2.05, 4.69) is 5.32 Å². The van der Waals surface area contributed by atoms with Gasteiger partial charge < -0.3 is 10.2 Å². The van der Waals surface area contributed by atoms with Gasteiger partial charge in [-0.3, -0.25) is 20.5 Å². The van der Waals surface area contributed by atoms with Crippen LogP contribution < -0.4 is 5.32 Å². The fourth-order valence-corrected chi connectivity index (χ4v) is 1.55. The third-order valence-electron chi connectivity index (χ3n) is 2.46. The molecule has 0 aromatic rings. The first-order valence-electron chi connectivity index (χ1n) is 5.10. The number of nitrogens with one attached hydrogen (secondary N) is 3. The molecule has 1 aliphatic heterocycles. The molecule has 0 bridgehead atoms. The summed E-state index contributed by atoms with van der Waals surface area (Å²) in [7, 11) is 0. The highest BCUT2D eigenvalue weighted by Gasteiger charge is 2.18. The van der Waals surface area contributed by atoms with Crippen LogP contribution >= 0.6 is 0 Å². The first-order chi connectivity index (χ1) is 7.67. The van der Waals surface area contributed by atoms with Crippen molar-refractivity contribution in [3.8, 4) is 0 Å². The number of carbonyl (C=O) groups is 1. The lowest BCUT2D eigenvalue weighted by atomic mass is 10.3. The van der Waals surface area contributed by atoms with Gasteiger partial charge in [0.15, 0.2) is 18.1 Å². The summed E-state index contributed by atoms with van der Waals surface area (Å²) in [6.45, 7) is 2.69. The summed E-state index contributed by atoms with van der Waals surface area (Å²) in [6, 6.07) is 0. The Morgan fingerprint density at radius 3 is 2.44 bits per heavy atom. The number of nitrogens with zero attached hydrogens (tertiary/aromatic N) is 2. The van der Waals surface area contributed by atoms with Gasteiger partial charge in [-0.25, -0.2) is 4.39 Å². The van der Waals surface area contributed by atoms with E-state index in [4.69, 9.17) is 10.8 Å². The van der Waals surface area contributed by atoms with E-state index in [0.29, 0.717) is 39.0 Å². The van der Waals surface area contributed by atoms with Crippen LogP contribution in [0, 0.1) is 10.8 Å². The average molecular weight is 229 g/mol. The molecule has 7 heteroatoms. The lowest BCUT2D eigenvalue weighted by Gasteiger charge is -2.35. The Labute approximate surface area is 93.4 Å². The Morgan fingerprint density at radius 2 is 1.94 bits per heavy atom. The molecule has 0 atom stereocenters. The standard InChI is InChI=1S/C9H16FN5O/c10-1-2-14-3-5-15(6-4-14)9(12)13-8(11)7-16/h7H,1-6H2,(H3,11,12,13). The smallest absolute Gasteiger partial charge is 0.196 e. The number of rotatable bonds is 3. The molecule has 16 heavy (non-hydrogen) atoms. The molecule has 0 spiro atoms. The molecule has 6 nitrogen and oxygen atoms in total. The molecule has 0 amide bonds. The largest absolute Gasteiger partial charge is 0.340 e. The number of alkyl halides is 1. The van der Waals surface area contributed by atoms with Gasteiger partial charge in [-0.1, -0.05) is 0 Å². The van der Waals surface area contributed by atoms with Gasteiger partial charge in [-0.05, 0) is 0 Å². The number of carbonyl (C=O) groups excluding carboxylic acids is 1. The monoisotopic (exact) mass is 229 g/mol. The van der Waals surface area contributed by atoms with Crippen molar-refractivity contribution < 1.29 is 9.18 Å². The molecule has 1 rings (SSSR count). The second-order valence-electron chi connectivity index (χ2n) is 3.52. The predicted molar refractivity (Wildman–Crippen MR) is 58.6 cm³/mol. The minimum atomic E-state index is -0.356. The SMILES string of the molecule is N=C(C=O)NC(=N)N1CCN(CCF)CC1. The molecule has 1 fully saturated rings. The van der Waals surface area contributed by atoms with Gasteiger partial charge in [0.1, 0.15) is 6.67 Å². The predicted octanol–water partition coefficient (Wildman–Crippen LogP) is -0.726. The van der Waals surface area contributed by atoms with Gasteiger partial charge in [0.2, 0.25) is 0 Å². The van der Waals surface area contributed by atoms with E-state index < -0.39 is 0 Å². The summed E-state index contributed by atoms with van der Waals surface area (Å²) in [4.78, 5) is 13.9. The van der Waals surface area contributed by atoms with Crippen molar-refractivity contribution in [1.29, 1.82) is 10.8 Å². The molecule has 90 valence electrons. The third-order valence-corrected chi connectivity index (χ3v) is 2.46. The van der Waals surface area contributed by atoms with Crippen LogP contribution in [0.5, 0.6) is 0 Å². The number of amidine groups is 1. The van der Waals surface area contributed by atoms with Gasteiger partial charge >= 0.3 is 0 Å². The number of aldehydes is 1. The van der Waals surface area contributed by atoms with E-state index in [1.165, 1.54) is 0 Å². The first kappa shape index (κ1) is 12.6. The summed E-state index contributed by atoms with van der Waals surface area (Å²) in [6.07, 6.45) is 0.355. The van der Waals surface area contributed by atoms with Crippen molar-refractivity contribution >= 4 is 18.1 Å². The van der Waals surface area contributed by atoms with Crippen LogP contribution in [0.4, 0.5) is 4.39 Å². The second kappa shape index (κ2) is 6.16. The van der Waals surface area contributed by atoms with Crippen molar-refractivity contribution in [2.24, 2.45) is 0 Å². The molecule has 0 unspecified atom stereocenters. The topological polar surface area (TPSA) is 83.3 Å². The van der Waals surface area contributed by atoms with E-state index in [1.54, 1.807) is 4.90 Å². The molecule has 1 aliphatic rings.